The Morgan fingerprint density at radius 3 is 2.45 bits per heavy atom. The Kier molecular flexibility index (Phi) is 6.43. The van der Waals surface area contributed by atoms with Crippen molar-refractivity contribution in [3.8, 4) is 17.2 Å². The van der Waals surface area contributed by atoms with Crippen molar-refractivity contribution < 1.29 is 32.2 Å². The number of hydrogen-bond acceptors (Lipinski definition) is 7. The van der Waals surface area contributed by atoms with Crippen molar-refractivity contribution in [1.82, 2.24) is 9.21 Å². The smallest absolute Gasteiger partial charge is 0.262 e. The average molecular weight is 476 g/mol. The zero-order chi connectivity index (χ0) is 23.6. The van der Waals surface area contributed by atoms with Crippen LogP contribution in [0.25, 0.3) is 0 Å². The molecule has 4 rings (SSSR count). The topological polar surface area (TPSA) is 114 Å². The molecular weight excluding hydrogens is 450 g/mol. The van der Waals surface area contributed by atoms with Gasteiger partial charge in [0, 0.05) is 26.2 Å². The Morgan fingerprint density at radius 2 is 1.76 bits per heavy atom. The van der Waals surface area contributed by atoms with Crippen molar-refractivity contribution in [3.05, 3.63) is 42.0 Å². The van der Waals surface area contributed by atoms with E-state index in [1.807, 2.05) is 0 Å². The first-order valence-electron chi connectivity index (χ1n) is 10.4. The summed E-state index contributed by atoms with van der Waals surface area (Å²) in [6.07, 6.45) is 0.178. The van der Waals surface area contributed by atoms with E-state index in [0.29, 0.717) is 22.9 Å². The number of sulfonamides is 1. The van der Waals surface area contributed by atoms with Gasteiger partial charge in [-0.05, 0) is 35.9 Å². The molecule has 11 heteroatoms. The monoisotopic (exact) mass is 475 g/mol. The molecule has 0 aromatic heterocycles. The standard InChI is InChI=1S/C22H25N3O7S/c1-30-19-5-3-15(11-20(19)31-2)12-22(27)24-7-9-25(10-8-24)33(28,29)16-4-6-18-17(13-16)23-21(26)14-32-18/h3-6,11,13H,7-10,12,14H2,1-2H3,(H,23,26). The zero-order valence-electron chi connectivity index (χ0n) is 18.4. The van der Waals surface area contributed by atoms with Crippen molar-refractivity contribution in [2.24, 2.45) is 0 Å². The lowest BCUT2D eigenvalue weighted by Gasteiger charge is -2.34. The quantitative estimate of drug-likeness (QED) is 0.666. The highest BCUT2D eigenvalue weighted by Crippen LogP contribution is 2.31. The summed E-state index contributed by atoms with van der Waals surface area (Å²) in [5.41, 5.74) is 1.11. The predicted molar refractivity (Wildman–Crippen MR) is 119 cm³/mol. The Labute approximate surface area is 192 Å². The average Bonchev–Trinajstić information content (AvgIpc) is 2.83. The minimum Gasteiger partial charge on any atom is -0.493 e. The summed E-state index contributed by atoms with van der Waals surface area (Å²) in [6.45, 7) is 0.838. The van der Waals surface area contributed by atoms with Crippen LogP contribution >= 0.6 is 0 Å². The molecule has 2 aliphatic rings. The predicted octanol–water partition coefficient (Wildman–Crippen LogP) is 1.11. The van der Waals surface area contributed by atoms with Gasteiger partial charge in [-0.2, -0.15) is 4.31 Å². The molecule has 2 aromatic rings. The van der Waals surface area contributed by atoms with Crippen LogP contribution in [-0.2, 0) is 26.0 Å². The summed E-state index contributed by atoms with van der Waals surface area (Å²) < 4.78 is 43.3. The fourth-order valence-corrected chi connectivity index (χ4v) is 5.28. The molecule has 0 unspecified atom stereocenters. The second kappa shape index (κ2) is 9.28. The largest absolute Gasteiger partial charge is 0.493 e. The molecule has 0 aliphatic carbocycles. The van der Waals surface area contributed by atoms with Crippen molar-refractivity contribution in [1.29, 1.82) is 0 Å². The summed E-state index contributed by atoms with van der Waals surface area (Å²) in [5.74, 6) is 1.14. The number of carbonyl (C=O) groups excluding carboxylic acids is 2. The summed E-state index contributed by atoms with van der Waals surface area (Å²) >= 11 is 0. The first-order valence-corrected chi connectivity index (χ1v) is 11.8. The van der Waals surface area contributed by atoms with Gasteiger partial charge in [0.25, 0.3) is 5.91 Å². The molecular formula is C22H25N3O7S. The second-order valence-corrected chi connectivity index (χ2v) is 9.58. The van der Waals surface area contributed by atoms with Gasteiger partial charge in [-0.15, -0.1) is 0 Å². The summed E-state index contributed by atoms with van der Waals surface area (Å²) in [7, 11) is -0.699. The first-order chi connectivity index (χ1) is 15.8. The van der Waals surface area contributed by atoms with Crippen molar-refractivity contribution >= 4 is 27.5 Å². The number of nitrogens with one attached hydrogen (secondary N) is 1. The van der Waals surface area contributed by atoms with Crippen LogP contribution in [0.3, 0.4) is 0 Å². The summed E-state index contributed by atoms with van der Waals surface area (Å²) in [4.78, 5) is 26.0. The molecule has 176 valence electrons. The number of anilines is 1. The van der Waals surface area contributed by atoms with Crippen LogP contribution in [0.15, 0.2) is 41.3 Å². The van der Waals surface area contributed by atoms with Crippen LogP contribution in [0, 0.1) is 0 Å². The molecule has 2 aromatic carbocycles. The minimum atomic E-state index is -3.78. The van der Waals surface area contributed by atoms with E-state index < -0.39 is 10.0 Å². The third-order valence-electron chi connectivity index (χ3n) is 5.62. The Bertz CT molecular complexity index is 1170. The highest BCUT2D eigenvalue weighted by atomic mass is 32.2. The third kappa shape index (κ3) is 4.74. The number of methoxy groups -OCH3 is 2. The van der Waals surface area contributed by atoms with E-state index in [-0.39, 0.29) is 55.9 Å². The van der Waals surface area contributed by atoms with Crippen molar-refractivity contribution in [2.45, 2.75) is 11.3 Å². The lowest BCUT2D eigenvalue weighted by atomic mass is 10.1. The fourth-order valence-electron chi connectivity index (χ4n) is 3.83. The van der Waals surface area contributed by atoms with Crippen molar-refractivity contribution in [3.63, 3.8) is 0 Å². The molecule has 2 amide bonds. The number of hydrogen-bond donors (Lipinski definition) is 1. The van der Waals surface area contributed by atoms with Gasteiger partial charge in [0.15, 0.2) is 18.1 Å². The number of carbonyl (C=O) groups is 2. The Hall–Kier alpha value is -3.31. The highest BCUT2D eigenvalue weighted by molar-refractivity contribution is 7.89. The van der Waals surface area contributed by atoms with Crippen LogP contribution < -0.4 is 19.5 Å². The van der Waals surface area contributed by atoms with Gasteiger partial charge in [-0.3, -0.25) is 9.59 Å². The van der Waals surface area contributed by atoms with Gasteiger partial charge in [0.2, 0.25) is 15.9 Å². The minimum absolute atomic E-state index is 0.0668. The normalized spacial score (nSPS) is 16.4. The number of nitrogens with zero attached hydrogens (tertiary/aromatic N) is 2. The van der Waals surface area contributed by atoms with Crippen LogP contribution in [0.2, 0.25) is 0 Å². The van der Waals surface area contributed by atoms with E-state index in [9.17, 15) is 18.0 Å². The molecule has 0 radical (unpaired) electrons. The molecule has 2 heterocycles. The van der Waals surface area contributed by atoms with Gasteiger partial charge in [0.05, 0.1) is 31.2 Å². The van der Waals surface area contributed by atoms with E-state index in [1.165, 1.54) is 29.6 Å². The van der Waals surface area contributed by atoms with Gasteiger partial charge < -0.3 is 24.4 Å². The van der Waals surface area contributed by atoms with Gasteiger partial charge in [0.1, 0.15) is 5.75 Å². The maximum absolute atomic E-state index is 13.1. The van der Waals surface area contributed by atoms with E-state index in [2.05, 4.69) is 5.32 Å². The number of ether oxygens (including phenoxy) is 3. The van der Waals surface area contributed by atoms with Gasteiger partial charge in [-0.25, -0.2) is 8.42 Å². The number of fused-ring (bicyclic) bond motifs is 1. The molecule has 1 saturated heterocycles. The summed E-state index contributed by atoms with van der Waals surface area (Å²) in [6, 6.07) is 9.70. The maximum Gasteiger partial charge on any atom is 0.262 e. The number of rotatable bonds is 6. The van der Waals surface area contributed by atoms with Crippen LogP contribution in [0.5, 0.6) is 17.2 Å². The lowest BCUT2D eigenvalue weighted by Crippen LogP contribution is -2.50. The second-order valence-electron chi connectivity index (χ2n) is 7.65. The third-order valence-corrected chi connectivity index (χ3v) is 7.51. The molecule has 0 spiro atoms. The van der Waals surface area contributed by atoms with Gasteiger partial charge >= 0.3 is 0 Å². The first kappa shape index (κ1) is 22.9. The SMILES string of the molecule is COc1ccc(CC(=O)N2CCN(S(=O)(=O)c3ccc4c(c3)NC(=O)CO4)CC2)cc1OC. The Balaban J connectivity index is 1.39. The molecule has 0 atom stereocenters. The Morgan fingerprint density at radius 1 is 1.03 bits per heavy atom. The van der Waals surface area contributed by atoms with Crippen LogP contribution in [0.1, 0.15) is 5.56 Å². The number of amides is 2. The molecule has 33 heavy (non-hydrogen) atoms. The summed E-state index contributed by atoms with van der Waals surface area (Å²) in [5, 5.41) is 2.62. The van der Waals surface area contributed by atoms with E-state index >= 15 is 0 Å². The number of piperazine rings is 1. The van der Waals surface area contributed by atoms with E-state index in [0.717, 1.165) is 5.56 Å². The van der Waals surface area contributed by atoms with Crippen LogP contribution in [-0.4, -0.2) is 76.4 Å². The molecule has 10 nitrogen and oxygen atoms in total. The lowest BCUT2D eigenvalue weighted by molar-refractivity contribution is -0.131. The number of benzene rings is 2. The maximum atomic E-state index is 13.1. The van der Waals surface area contributed by atoms with Crippen LogP contribution in [0.4, 0.5) is 5.69 Å². The van der Waals surface area contributed by atoms with E-state index in [1.54, 1.807) is 30.2 Å². The fraction of sp³-hybridized carbons (Fsp3) is 0.364. The van der Waals surface area contributed by atoms with Crippen molar-refractivity contribution in [2.75, 3.05) is 52.3 Å². The molecule has 2 aliphatic heterocycles. The zero-order valence-corrected chi connectivity index (χ0v) is 19.2. The highest BCUT2D eigenvalue weighted by Gasteiger charge is 2.31. The molecule has 1 fully saturated rings. The van der Waals surface area contributed by atoms with Gasteiger partial charge in [-0.1, -0.05) is 6.07 Å². The molecule has 0 bridgehead atoms. The molecule has 1 N–H and O–H groups in total. The molecule has 0 saturated carbocycles. The van der Waals surface area contributed by atoms with E-state index in [4.69, 9.17) is 14.2 Å².